The number of nitrogens with two attached hydrogens (primary N) is 1. The van der Waals surface area contributed by atoms with E-state index in [0.29, 0.717) is 12.0 Å². The third kappa shape index (κ3) is 3.03. The number of carbonyl (C=O) groups is 1. The fourth-order valence-corrected chi connectivity index (χ4v) is 1.62. The lowest BCUT2D eigenvalue weighted by atomic mass is 9.86. The summed E-state index contributed by atoms with van der Waals surface area (Å²) >= 11 is 0. The molecule has 0 bridgehead atoms. The van der Waals surface area contributed by atoms with Gasteiger partial charge >= 0.3 is 0 Å². The Kier molecular flexibility index (Phi) is 4.01. The maximum atomic E-state index is 12.7. The number of halogens is 1. The zero-order valence-corrected chi connectivity index (χ0v) is 9.24. The van der Waals surface area contributed by atoms with E-state index in [1.807, 2.05) is 6.92 Å². The number of hydrogen-bond donors (Lipinski definition) is 2. The Bertz CT molecular complexity index is 364. The molecule has 1 amide bonds. The standard InChI is InChI=1S/C12H16FNO2/c1-2-12(16,8-7-11(14)15)9-3-5-10(13)6-4-9/h3-6,16H,2,7-8H2,1H3,(H2,14,15). The predicted molar refractivity (Wildman–Crippen MR) is 59.0 cm³/mol. The highest BCUT2D eigenvalue weighted by molar-refractivity contribution is 5.73. The van der Waals surface area contributed by atoms with Crippen LogP contribution in [-0.2, 0) is 10.4 Å². The Morgan fingerprint density at radius 1 is 1.44 bits per heavy atom. The van der Waals surface area contributed by atoms with Gasteiger partial charge in [0, 0.05) is 6.42 Å². The van der Waals surface area contributed by atoms with Crippen LogP contribution in [0.25, 0.3) is 0 Å². The van der Waals surface area contributed by atoms with Gasteiger partial charge in [-0.25, -0.2) is 4.39 Å². The van der Waals surface area contributed by atoms with Gasteiger partial charge in [0.15, 0.2) is 0 Å². The van der Waals surface area contributed by atoms with E-state index in [2.05, 4.69) is 0 Å². The molecule has 0 fully saturated rings. The largest absolute Gasteiger partial charge is 0.385 e. The minimum Gasteiger partial charge on any atom is -0.385 e. The fourth-order valence-electron chi connectivity index (χ4n) is 1.62. The van der Waals surface area contributed by atoms with Crippen LogP contribution in [-0.4, -0.2) is 11.0 Å². The maximum Gasteiger partial charge on any atom is 0.217 e. The minimum atomic E-state index is -1.11. The molecule has 3 N–H and O–H groups in total. The molecule has 1 atom stereocenters. The smallest absolute Gasteiger partial charge is 0.217 e. The predicted octanol–water partition coefficient (Wildman–Crippen LogP) is 1.69. The molecule has 0 aliphatic heterocycles. The quantitative estimate of drug-likeness (QED) is 0.801. The topological polar surface area (TPSA) is 63.3 Å². The third-order valence-electron chi connectivity index (χ3n) is 2.75. The third-order valence-corrected chi connectivity index (χ3v) is 2.75. The van der Waals surface area contributed by atoms with Gasteiger partial charge in [0.2, 0.25) is 5.91 Å². The van der Waals surface area contributed by atoms with E-state index in [9.17, 15) is 14.3 Å². The average molecular weight is 225 g/mol. The van der Waals surface area contributed by atoms with Crippen LogP contribution in [0, 0.1) is 5.82 Å². The molecule has 1 rings (SSSR count). The molecular weight excluding hydrogens is 209 g/mol. The van der Waals surface area contributed by atoms with Crippen molar-refractivity contribution in [1.82, 2.24) is 0 Å². The summed E-state index contributed by atoms with van der Waals surface area (Å²) in [4.78, 5) is 10.7. The van der Waals surface area contributed by atoms with Crippen molar-refractivity contribution < 1.29 is 14.3 Å². The lowest BCUT2D eigenvalue weighted by Crippen LogP contribution is -2.27. The molecule has 4 heteroatoms. The molecule has 0 saturated heterocycles. The SMILES string of the molecule is CCC(O)(CCC(N)=O)c1ccc(F)cc1. The summed E-state index contributed by atoms with van der Waals surface area (Å²) in [6.45, 7) is 1.81. The first-order valence-electron chi connectivity index (χ1n) is 5.24. The molecule has 0 spiro atoms. The van der Waals surface area contributed by atoms with Crippen LogP contribution in [0.4, 0.5) is 4.39 Å². The monoisotopic (exact) mass is 225 g/mol. The molecule has 88 valence electrons. The van der Waals surface area contributed by atoms with Gasteiger partial charge in [-0.2, -0.15) is 0 Å². The van der Waals surface area contributed by atoms with E-state index in [1.165, 1.54) is 24.3 Å². The van der Waals surface area contributed by atoms with Gasteiger partial charge in [0.05, 0.1) is 5.60 Å². The molecule has 0 aromatic heterocycles. The molecule has 1 unspecified atom stereocenters. The second-order valence-electron chi connectivity index (χ2n) is 3.86. The second-order valence-corrected chi connectivity index (χ2v) is 3.86. The number of hydrogen-bond acceptors (Lipinski definition) is 2. The van der Waals surface area contributed by atoms with Gasteiger partial charge < -0.3 is 10.8 Å². The number of aliphatic hydroxyl groups is 1. The van der Waals surface area contributed by atoms with Crippen LogP contribution in [0.3, 0.4) is 0 Å². The Morgan fingerprint density at radius 2 is 2.00 bits per heavy atom. The molecule has 0 aliphatic rings. The molecule has 16 heavy (non-hydrogen) atoms. The van der Waals surface area contributed by atoms with Crippen molar-refractivity contribution in [3.05, 3.63) is 35.6 Å². The van der Waals surface area contributed by atoms with Crippen molar-refractivity contribution in [2.75, 3.05) is 0 Å². The summed E-state index contributed by atoms with van der Waals surface area (Å²) < 4.78 is 12.7. The van der Waals surface area contributed by atoms with Gasteiger partial charge in [-0.1, -0.05) is 19.1 Å². The van der Waals surface area contributed by atoms with E-state index < -0.39 is 11.5 Å². The van der Waals surface area contributed by atoms with Crippen molar-refractivity contribution in [2.24, 2.45) is 5.73 Å². The zero-order valence-electron chi connectivity index (χ0n) is 9.24. The van der Waals surface area contributed by atoms with Crippen LogP contribution in [0.1, 0.15) is 31.7 Å². The molecular formula is C12H16FNO2. The molecule has 0 saturated carbocycles. The lowest BCUT2D eigenvalue weighted by Gasteiger charge is -2.26. The van der Waals surface area contributed by atoms with Gasteiger partial charge in [0.25, 0.3) is 0 Å². The molecule has 1 aromatic carbocycles. The number of carbonyl (C=O) groups excluding carboxylic acids is 1. The minimum absolute atomic E-state index is 0.113. The lowest BCUT2D eigenvalue weighted by molar-refractivity contribution is -0.119. The number of primary amides is 1. The Labute approximate surface area is 94.1 Å². The zero-order chi connectivity index (χ0) is 12.2. The Morgan fingerprint density at radius 3 is 2.44 bits per heavy atom. The number of amides is 1. The van der Waals surface area contributed by atoms with Gasteiger partial charge in [-0.05, 0) is 30.5 Å². The van der Waals surface area contributed by atoms with Gasteiger partial charge in [0.1, 0.15) is 5.82 Å². The highest BCUT2D eigenvalue weighted by Crippen LogP contribution is 2.29. The maximum absolute atomic E-state index is 12.7. The molecule has 3 nitrogen and oxygen atoms in total. The molecule has 0 heterocycles. The van der Waals surface area contributed by atoms with Crippen LogP contribution >= 0.6 is 0 Å². The van der Waals surface area contributed by atoms with Crippen LogP contribution in [0.5, 0.6) is 0 Å². The van der Waals surface area contributed by atoms with E-state index >= 15 is 0 Å². The summed E-state index contributed by atoms with van der Waals surface area (Å²) in [5, 5.41) is 10.3. The average Bonchev–Trinajstić information content (AvgIpc) is 2.27. The van der Waals surface area contributed by atoms with Crippen molar-refractivity contribution in [3.8, 4) is 0 Å². The summed E-state index contributed by atoms with van der Waals surface area (Å²) in [5.74, 6) is -0.800. The first-order valence-corrected chi connectivity index (χ1v) is 5.24. The molecule has 1 aromatic rings. The summed E-state index contributed by atoms with van der Waals surface area (Å²) in [7, 11) is 0. The van der Waals surface area contributed by atoms with Crippen molar-refractivity contribution in [1.29, 1.82) is 0 Å². The normalized spacial score (nSPS) is 14.4. The highest BCUT2D eigenvalue weighted by Gasteiger charge is 2.27. The molecule has 0 radical (unpaired) electrons. The van der Waals surface area contributed by atoms with Crippen LogP contribution in [0.2, 0.25) is 0 Å². The second kappa shape index (κ2) is 5.07. The van der Waals surface area contributed by atoms with Gasteiger partial charge in [-0.3, -0.25) is 4.79 Å². The summed E-state index contributed by atoms with van der Waals surface area (Å²) in [6, 6.07) is 5.64. The van der Waals surface area contributed by atoms with Crippen LogP contribution in [0.15, 0.2) is 24.3 Å². The van der Waals surface area contributed by atoms with Crippen molar-refractivity contribution >= 4 is 5.91 Å². The van der Waals surface area contributed by atoms with E-state index in [0.717, 1.165) is 0 Å². The fraction of sp³-hybridized carbons (Fsp3) is 0.417. The Hall–Kier alpha value is -1.42. The van der Waals surface area contributed by atoms with Gasteiger partial charge in [-0.15, -0.1) is 0 Å². The first-order chi connectivity index (χ1) is 7.48. The first kappa shape index (κ1) is 12.6. The summed E-state index contributed by atoms with van der Waals surface area (Å²) in [6.07, 6.45) is 0.818. The van der Waals surface area contributed by atoms with Crippen molar-refractivity contribution in [3.63, 3.8) is 0 Å². The van der Waals surface area contributed by atoms with Crippen LogP contribution < -0.4 is 5.73 Å². The van der Waals surface area contributed by atoms with E-state index in [1.54, 1.807) is 0 Å². The summed E-state index contributed by atoms with van der Waals surface area (Å²) in [5.41, 5.74) is 4.55. The molecule has 0 aliphatic carbocycles. The number of rotatable bonds is 5. The highest BCUT2D eigenvalue weighted by atomic mass is 19.1. The number of benzene rings is 1. The van der Waals surface area contributed by atoms with E-state index in [-0.39, 0.29) is 18.7 Å². The van der Waals surface area contributed by atoms with Crippen molar-refractivity contribution in [2.45, 2.75) is 31.8 Å². The van der Waals surface area contributed by atoms with E-state index in [4.69, 9.17) is 5.73 Å². The Balaban J connectivity index is 2.86.